The number of aryl methyl sites for hydroxylation is 1. The van der Waals surface area contributed by atoms with Crippen molar-refractivity contribution < 1.29 is 9.13 Å². The number of pyridine rings is 1. The topological polar surface area (TPSA) is 22.1 Å². The molecule has 0 aliphatic heterocycles. The number of hydrogen-bond donors (Lipinski definition) is 0. The monoisotopic (exact) mass is 281 g/mol. The summed E-state index contributed by atoms with van der Waals surface area (Å²) in [6.07, 6.45) is 0. The molecule has 2 rings (SSSR count). The van der Waals surface area contributed by atoms with E-state index in [0.29, 0.717) is 16.1 Å². The normalized spacial score (nSPS) is 10.2. The van der Waals surface area contributed by atoms with Gasteiger partial charge in [-0.2, -0.15) is 0 Å². The van der Waals surface area contributed by atoms with Crippen LogP contribution < -0.4 is 4.74 Å². The van der Waals surface area contributed by atoms with Crippen LogP contribution in [0.15, 0.2) is 40.9 Å². The first-order valence-corrected chi connectivity index (χ1v) is 5.51. The molecule has 0 bridgehead atoms. The van der Waals surface area contributed by atoms with Gasteiger partial charge in [0.2, 0.25) is 5.88 Å². The van der Waals surface area contributed by atoms with Gasteiger partial charge in [0.25, 0.3) is 0 Å². The lowest BCUT2D eigenvalue weighted by molar-refractivity contribution is 0.454. The van der Waals surface area contributed by atoms with Crippen LogP contribution in [0, 0.1) is 12.7 Å². The summed E-state index contributed by atoms with van der Waals surface area (Å²) in [4.78, 5) is 4.17. The molecule has 0 aliphatic carbocycles. The lowest BCUT2D eigenvalue weighted by Crippen LogP contribution is -1.90. The van der Waals surface area contributed by atoms with Gasteiger partial charge in [-0.15, -0.1) is 0 Å². The van der Waals surface area contributed by atoms with Crippen molar-refractivity contribution in [1.29, 1.82) is 0 Å². The van der Waals surface area contributed by atoms with E-state index in [1.807, 2.05) is 19.1 Å². The zero-order valence-electron chi connectivity index (χ0n) is 8.58. The summed E-state index contributed by atoms with van der Waals surface area (Å²) in [7, 11) is 0. The van der Waals surface area contributed by atoms with Crippen molar-refractivity contribution in [2.75, 3.05) is 0 Å². The van der Waals surface area contributed by atoms with E-state index in [2.05, 4.69) is 20.9 Å². The Morgan fingerprint density at radius 3 is 2.81 bits per heavy atom. The highest BCUT2D eigenvalue weighted by molar-refractivity contribution is 9.10. The third-order valence-electron chi connectivity index (χ3n) is 1.97. The molecule has 0 saturated heterocycles. The van der Waals surface area contributed by atoms with E-state index in [9.17, 15) is 4.39 Å². The van der Waals surface area contributed by atoms with Crippen LogP contribution in [0.2, 0.25) is 0 Å². The van der Waals surface area contributed by atoms with Gasteiger partial charge in [-0.05, 0) is 41.1 Å². The van der Waals surface area contributed by atoms with E-state index in [-0.39, 0.29) is 5.82 Å². The zero-order valence-corrected chi connectivity index (χ0v) is 10.2. The van der Waals surface area contributed by atoms with Gasteiger partial charge >= 0.3 is 0 Å². The smallest absolute Gasteiger partial charge is 0.219 e. The quantitative estimate of drug-likeness (QED) is 0.827. The van der Waals surface area contributed by atoms with Crippen molar-refractivity contribution in [3.05, 3.63) is 52.4 Å². The van der Waals surface area contributed by atoms with Crippen LogP contribution in [-0.4, -0.2) is 4.98 Å². The predicted octanol–water partition coefficient (Wildman–Crippen LogP) is 4.08. The first-order chi connectivity index (χ1) is 7.65. The van der Waals surface area contributed by atoms with Gasteiger partial charge in [0.05, 0.1) is 4.47 Å². The van der Waals surface area contributed by atoms with Crippen molar-refractivity contribution >= 4 is 15.9 Å². The molecule has 0 amide bonds. The van der Waals surface area contributed by atoms with Gasteiger partial charge in [0.15, 0.2) is 0 Å². The van der Waals surface area contributed by atoms with E-state index in [1.54, 1.807) is 12.1 Å². The first kappa shape index (κ1) is 11.1. The Hall–Kier alpha value is -1.42. The van der Waals surface area contributed by atoms with Crippen molar-refractivity contribution in [2.45, 2.75) is 6.92 Å². The standard InChI is InChI=1S/C12H9BrFNO/c1-8-3-2-4-12(15-8)16-11-7-9(14)5-6-10(11)13/h2-7H,1H3. The summed E-state index contributed by atoms with van der Waals surface area (Å²) in [5.74, 6) is 0.523. The molecular weight excluding hydrogens is 273 g/mol. The molecule has 0 N–H and O–H groups in total. The van der Waals surface area contributed by atoms with E-state index in [4.69, 9.17) is 4.74 Å². The van der Waals surface area contributed by atoms with Crippen molar-refractivity contribution in [2.24, 2.45) is 0 Å². The van der Waals surface area contributed by atoms with Crippen molar-refractivity contribution in [3.8, 4) is 11.6 Å². The molecule has 16 heavy (non-hydrogen) atoms. The minimum absolute atomic E-state index is 0.342. The highest BCUT2D eigenvalue weighted by Gasteiger charge is 2.05. The number of halogens is 2. The van der Waals surface area contributed by atoms with Gasteiger partial charge in [-0.3, -0.25) is 0 Å². The highest BCUT2D eigenvalue weighted by Crippen LogP contribution is 2.29. The molecule has 1 heterocycles. The number of aromatic nitrogens is 1. The van der Waals surface area contributed by atoms with E-state index in [0.717, 1.165) is 5.69 Å². The Kier molecular flexibility index (Phi) is 3.19. The molecule has 1 aromatic heterocycles. The average Bonchev–Trinajstić information content (AvgIpc) is 2.24. The lowest BCUT2D eigenvalue weighted by atomic mass is 10.3. The molecule has 1 aromatic carbocycles. The summed E-state index contributed by atoms with van der Waals surface area (Å²) in [5, 5.41) is 0. The fourth-order valence-electron chi connectivity index (χ4n) is 1.24. The Balaban J connectivity index is 2.30. The number of ether oxygens (including phenoxy) is 1. The molecule has 0 atom stereocenters. The third kappa shape index (κ3) is 2.58. The SMILES string of the molecule is Cc1cccc(Oc2cc(F)ccc2Br)n1. The van der Waals surface area contributed by atoms with Gasteiger partial charge in [-0.1, -0.05) is 6.07 Å². The average molecular weight is 282 g/mol. The molecule has 0 aliphatic rings. The fourth-order valence-corrected chi connectivity index (χ4v) is 1.57. The Morgan fingerprint density at radius 1 is 1.25 bits per heavy atom. The van der Waals surface area contributed by atoms with Crippen LogP contribution in [0.3, 0.4) is 0 Å². The first-order valence-electron chi connectivity index (χ1n) is 4.72. The summed E-state index contributed by atoms with van der Waals surface area (Å²) < 4.78 is 19.2. The second-order valence-electron chi connectivity index (χ2n) is 3.29. The fraction of sp³-hybridized carbons (Fsp3) is 0.0833. The maximum absolute atomic E-state index is 13.0. The predicted molar refractivity (Wildman–Crippen MR) is 63.1 cm³/mol. The summed E-state index contributed by atoms with van der Waals surface area (Å²) >= 11 is 3.29. The van der Waals surface area contributed by atoms with Gasteiger partial charge in [0, 0.05) is 17.8 Å². The maximum atomic E-state index is 13.0. The van der Waals surface area contributed by atoms with E-state index >= 15 is 0 Å². The number of rotatable bonds is 2. The highest BCUT2D eigenvalue weighted by atomic mass is 79.9. The van der Waals surface area contributed by atoms with Crippen LogP contribution in [0.25, 0.3) is 0 Å². The molecule has 82 valence electrons. The minimum Gasteiger partial charge on any atom is -0.438 e. The van der Waals surface area contributed by atoms with E-state index < -0.39 is 0 Å². The van der Waals surface area contributed by atoms with Crippen LogP contribution in [-0.2, 0) is 0 Å². The largest absolute Gasteiger partial charge is 0.438 e. The van der Waals surface area contributed by atoms with Crippen LogP contribution in [0.4, 0.5) is 4.39 Å². The third-order valence-corrected chi connectivity index (χ3v) is 2.63. The molecule has 0 unspecified atom stereocenters. The molecule has 0 spiro atoms. The lowest BCUT2D eigenvalue weighted by Gasteiger charge is -2.07. The van der Waals surface area contributed by atoms with Crippen molar-refractivity contribution in [1.82, 2.24) is 4.98 Å². The molecule has 0 radical (unpaired) electrons. The molecule has 0 fully saturated rings. The van der Waals surface area contributed by atoms with Gasteiger partial charge in [0.1, 0.15) is 11.6 Å². The second-order valence-corrected chi connectivity index (χ2v) is 4.15. The maximum Gasteiger partial charge on any atom is 0.219 e. The van der Waals surface area contributed by atoms with Crippen LogP contribution in [0.1, 0.15) is 5.69 Å². The van der Waals surface area contributed by atoms with Gasteiger partial charge < -0.3 is 4.74 Å². The Labute approximate surface area is 101 Å². The van der Waals surface area contributed by atoms with Gasteiger partial charge in [-0.25, -0.2) is 9.37 Å². The van der Waals surface area contributed by atoms with Crippen LogP contribution >= 0.6 is 15.9 Å². The number of hydrogen-bond acceptors (Lipinski definition) is 2. The Morgan fingerprint density at radius 2 is 2.06 bits per heavy atom. The summed E-state index contributed by atoms with van der Waals surface area (Å²) in [6, 6.07) is 9.71. The minimum atomic E-state index is -0.342. The molecule has 4 heteroatoms. The molecule has 2 nitrogen and oxygen atoms in total. The van der Waals surface area contributed by atoms with E-state index in [1.165, 1.54) is 12.1 Å². The molecule has 2 aromatic rings. The summed E-state index contributed by atoms with van der Waals surface area (Å²) in [6.45, 7) is 1.87. The van der Waals surface area contributed by atoms with Crippen molar-refractivity contribution in [3.63, 3.8) is 0 Å². The Bertz CT molecular complexity index is 516. The second kappa shape index (κ2) is 4.61. The zero-order chi connectivity index (χ0) is 11.5. The molecule has 0 saturated carbocycles. The van der Waals surface area contributed by atoms with Crippen LogP contribution in [0.5, 0.6) is 11.6 Å². The molecular formula is C12H9BrFNO. The summed E-state index contributed by atoms with van der Waals surface area (Å²) in [5.41, 5.74) is 0.852. The number of benzene rings is 1. The number of nitrogens with zero attached hydrogens (tertiary/aromatic N) is 1.